The Bertz CT molecular complexity index is 1190. The van der Waals surface area contributed by atoms with Crippen molar-refractivity contribution in [2.75, 3.05) is 20.7 Å². The van der Waals surface area contributed by atoms with Crippen molar-refractivity contribution in [1.82, 2.24) is 4.90 Å². The molecule has 1 aliphatic carbocycles. The molecule has 0 aromatic heterocycles. The predicted octanol–water partition coefficient (Wildman–Crippen LogP) is 4.46. The molecule has 3 aromatic rings. The van der Waals surface area contributed by atoms with Crippen LogP contribution in [0.1, 0.15) is 33.1 Å². The van der Waals surface area contributed by atoms with Gasteiger partial charge in [0.15, 0.2) is 23.0 Å². The zero-order chi connectivity index (χ0) is 21.7. The first-order valence-electron chi connectivity index (χ1n) is 10.2. The summed E-state index contributed by atoms with van der Waals surface area (Å²) in [7, 11) is 3.64. The van der Waals surface area contributed by atoms with Gasteiger partial charge in [-0.15, -0.1) is 0 Å². The molecule has 0 saturated heterocycles. The lowest BCUT2D eigenvalue weighted by atomic mass is 9.76. The van der Waals surface area contributed by atoms with Gasteiger partial charge in [0.25, 0.3) is 0 Å². The molecular formula is C25H23NO5. The van der Waals surface area contributed by atoms with Crippen LogP contribution in [0.4, 0.5) is 0 Å². The maximum absolute atomic E-state index is 11.0. The average molecular weight is 417 g/mol. The largest absolute Gasteiger partial charge is 0.504 e. The third-order valence-electron chi connectivity index (χ3n) is 6.32. The van der Waals surface area contributed by atoms with Gasteiger partial charge in [0.1, 0.15) is 12.0 Å². The predicted molar refractivity (Wildman–Crippen MR) is 116 cm³/mol. The molecule has 0 saturated carbocycles. The molecule has 6 heteroatoms. The number of aromatic hydroxyl groups is 2. The fourth-order valence-electron chi connectivity index (χ4n) is 4.71. The number of fused-ring (bicyclic) bond motifs is 2. The minimum atomic E-state index is -0.0169. The molecule has 1 unspecified atom stereocenters. The Morgan fingerprint density at radius 1 is 1.06 bits per heavy atom. The average Bonchev–Trinajstić information content (AvgIpc) is 2.78. The second-order valence-electron chi connectivity index (χ2n) is 8.09. The number of nitrogens with zero attached hydrogens (tertiary/aromatic N) is 1. The summed E-state index contributed by atoms with van der Waals surface area (Å²) in [6.45, 7) is 0.922. The van der Waals surface area contributed by atoms with Crippen LogP contribution in [0.15, 0.2) is 42.5 Å². The Morgan fingerprint density at radius 3 is 2.52 bits per heavy atom. The van der Waals surface area contributed by atoms with Gasteiger partial charge in [-0.3, -0.25) is 9.69 Å². The van der Waals surface area contributed by atoms with E-state index in [9.17, 15) is 15.0 Å². The van der Waals surface area contributed by atoms with Crippen LogP contribution in [0, 0.1) is 0 Å². The molecule has 1 aliphatic heterocycles. The summed E-state index contributed by atoms with van der Waals surface area (Å²) in [5.41, 5.74) is 5.34. The van der Waals surface area contributed by atoms with Crippen LogP contribution in [0.5, 0.6) is 28.7 Å². The number of ether oxygens (including phenoxy) is 2. The minimum absolute atomic E-state index is 0.0169. The van der Waals surface area contributed by atoms with E-state index in [0.717, 1.165) is 47.9 Å². The molecule has 0 bridgehead atoms. The van der Waals surface area contributed by atoms with Gasteiger partial charge < -0.3 is 19.7 Å². The van der Waals surface area contributed by atoms with E-state index >= 15 is 0 Å². The van der Waals surface area contributed by atoms with E-state index in [1.165, 1.54) is 5.56 Å². The highest BCUT2D eigenvalue weighted by Crippen LogP contribution is 2.53. The molecule has 0 radical (unpaired) electrons. The van der Waals surface area contributed by atoms with E-state index in [-0.39, 0.29) is 17.5 Å². The molecule has 0 amide bonds. The van der Waals surface area contributed by atoms with Crippen LogP contribution >= 0.6 is 0 Å². The van der Waals surface area contributed by atoms with E-state index in [1.54, 1.807) is 37.4 Å². The van der Waals surface area contributed by atoms with Gasteiger partial charge in [-0.25, -0.2) is 0 Å². The number of aldehydes is 1. The van der Waals surface area contributed by atoms with Crippen LogP contribution in [0.2, 0.25) is 0 Å². The first kappa shape index (κ1) is 19.5. The van der Waals surface area contributed by atoms with Crippen molar-refractivity contribution in [3.05, 3.63) is 64.7 Å². The first-order chi connectivity index (χ1) is 15.0. The van der Waals surface area contributed by atoms with Crippen molar-refractivity contribution < 1.29 is 24.5 Å². The smallest absolute Gasteiger partial charge is 0.169 e. The number of hydrogen-bond acceptors (Lipinski definition) is 6. The lowest BCUT2D eigenvalue weighted by Gasteiger charge is -2.40. The van der Waals surface area contributed by atoms with E-state index in [2.05, 4.69) is 11.9 Å². The van der Waals surface area contributed by atoms with Crippen molar-refractivity contribution in [3.8, 4) is 39.9 Å². The highest BCUT2D eigenvalue weighted by Gasteiger charge is 2.36. The maximum atomic E-state index is 11.0. The van der Waals surface area contributed by atoms with Gasteiger partial charge >= 0.3 is 0 Å². The van der Waals surface area contributed by atoms with E-state index in [0.29, 0.717) is 22.8 Å². The first-order valence-corrected chi connectivity index (χ1v) is 10.2. The second-order valence-corrected chi connectivity index (χ2v) is 8.09. The van der Waals surface area contributed by atoms with Crippen LogP contribution in [-0.2, 0) is 12.8 Å². The summed E-state index contributed by atoms with van der Waals surface area (Å²) in [5.74, 6) is 1.39. The number of hydrogen-bond donors (Lipinski definition) is 2. The third-order valence-corrected chi connectivity index (χ3v) is 6.32. The van der Waals surface area contributed by atoms with E-state index in [1.807, 2.05) is 12.1 Å². The molecule has 2 aliphatic rings. The molecule has 1 atom stereocenters. The summed E-state index contributed by atoms with van der Waals surface area (Å²) in [4.78, 5) is 13.2. The molecule has 158 valence electrons. The van der Waals surface area contributed by atoms with Crippen LogP contribution in [0.25, 0.3) is 11.1 Å². The Morgan fingerprint density at radius 2 is 1.81 bits per heavy atom. The summed E-state index contributed by atoms with van der Waals surface area (Å²) in [6.07, 6.45) is 2.40. The van der Waals surface area contributed by atoms with Gasteiger partial charge in [0.05, 0.1) is 7.11 Å². The number of benzene rings is 3. The molecule has 0 spiro atoms. The highest BCUT2D eigenvalue weighted by atomic mass is 16.5. The van der Waals surface area contributed by atoms with Gasteiger partial charge in [0.2, 0.25) is 0 Å². The summed E-state index contributed by atoms with van der Waals surface area (Å²) in [6, 6.07) is 12.3. The molecule has 6 nitrogen and oxygen atoms in total. The van der Waals surface area contributed by atoms with Crippen molar-refractivity contribution >= 4 is 6.29 Å². The van der Waals surface area contributed by atoms with Gasteiger partial charge in [-0.05, 0) is 84.6 Å². The topological polar surface area (TPSA) is 79.2 Å². The maximum Gasteiger partial charge on any atom is 0.169 e. The lowest BCUT2D eigenvalue weighted by molar-refractivity contribution is 0.112. The summed E-state index contributed by atoms with van der Waals surface area (Å²) < 4.78 is 11.3. The number of phenolic OH excluding ortho intramolecular Hbond substituents is 2. The number of carbonyl (C=O) groups is 1. The molecule has 2 N–H and O–H groups in total. The fourth-order valence-corrected chi connectivity index (χ4v) is 4.71. The van der Waals surface area contributed by atoms with Crippen LogP contribution < -0.4 is 9.47 Å². The SMILES string of the molecule is COc1cc2c3c(c1O)-c1cc(O)c(Oc4ccc(C=O)cc4)cc1CC3N(C)CC2. The number of carbonyl (C=O) groups excluding carboxylic acids is 1. The third kappa shape index (κ3) is 3.11. The fraction of sp³-hybridized carbons (Fsp3) is 0.240. The van der Waals surface area contributed by atoms with Crippen molar-refractivity contribution in [3.63, 3.8) is 0 Å². The Kier molecular flexibility index (Phi) is 4.59. The molecule has 0 fully saturated rings. The van der Waals surface area contributed by atoms with E-state index < -0.39 is 0 Å². The van der Waals surface area contributed by atoms with Crippen molar-refractivity contribution in [1.29, 1.82) is 0 Å². The zero-order valence-corrected chi connectivity index (χ0v) is 17.4. The molecule has 3 aromatic carbocycles. The quantitative estimate of drug-likeness (QED) is 0.610. The summed E-state index contributed by atoms with van der Waals surface area (Å²) >= 11 is 0. The Hall–Kier alpha value is -3.51. The number of likely N-dealkylation sites (N-methyl/N-ethyl adjacent to an activating group) is 1. The van der Waals surface area contributed by atoms with Gasteiger partial charge in [0, 0.05) is 23.7 Å². The number of phenols is 2. The monoisotopic (exact) mass is 417 g/mol. The molecular weight excluding hydrogens is 394 g/mol. The normalized spacial score (nSPS) is 16.9. The standard InChI is InChI=1S/C25H23NO5/c1-26-8-7-15-10-22(30-2)25(29)24-18-12-20(28)21(11-16(18)9-19(26)23(15)24)31-17-5-3-14(13-27)4-6-17/h3-6,10-13,19,28-29H,7-9H2,1-2H3. The number of rotatable bonds is 4. The highest BCUT2D eigenvalue weighted by molar-refractivity contribution is 5.84. The molecule has 5 rings (SSSR count). The van der Waals surface area contributed by atoms with Crippen LogP contribution in [0.3, 0.4) is 0 Å². The zero-order valence-electron chi connectivity index (χ0n) is 17.4. The minimum Gasteiger partial charge on any atom is -0.504 e. The molecule has 31 heavy (non-hydrogen) atoms. The molecule has 1 heterocycles. The Balaban J connectivity index is 1.63. The van der Waals surface area contributed by atoms with Crippen molar-refractivity contribution in [2.45, 2.75) is 18.9 Å². The van der Waals surface area contributed by atoms with Gasteiger partial charge in [-0.1, -0.05) is 0 Å². The second kappa shape index (κ2) is 7.32. The lowest BCUT2D eigenvalue weighted by Crippen LogP contribution is -2.35. The van der Waals surface area contributed by atoms with Crippen molar-refractivity contribution in [2.24, 2.45) is 0 Å². The van der Waals surface area contributed by atoms with Crippen LogP contribution in [-0.4, -0.2) is 42.1 Å². The van der Waals surface area contributed by atoms with E-state index in [4.69, 9.17) is 9.47 Å². The number of methoxy groups -OCH3 is 1. The Labute approximate surface area is 180 Å². The summed E-state index contributed by atoms with van der Waals surface area (Å²) in [5, 5.41) is 21.7. The van der Waals surface area contributed by atoms with Gasteiger partial charge in [-0.2, -0.15) is 0 Å².